The van der Waals surface area contributed by atoms with Crippen molar-refractivity contribution in [2.45, 2.75) is 13.0 Å². The number of nitrogens with zero attached hydrogens (tertiary/aromatic N) is 1. The molecule has 1 aliphatic rings. The monoisotopic (exact) mass is 362 g/mol. The number of thiophene rings is 1. The maximum atomic E-state index is 13.2. The van der Waals surface area contributed by atoms with Crippen molar-refractivity contribution in [2.24, 2.45) is 0 Å². The van der Waals surface area contributed by atoms with E-state index >= 15 is 0 Å². The largest absolute Gasteiger partial charge is 0.466 e. The van der Waals surface area contributed by atoms with E-state index in [0.29, 0.717) is 22.1 Å². The van der Waals surface area contributed by atoms with Gasteiger partial charge in [-0.25, -0.2) is 9.18 Å². The third kappa shape index (κ3) is 2.92. The van der Waals surface area contributed by atoms with Crippen LogP contribution >= 0.6 is 23.6 Å². The molecule has 0 amide bonds. The van der Waals surface area contributed by atoms with E-state index in [1.807, 2.05) is 24.4 Å². The lowest BCUT2D eigenvalue weighted by Crippen LogP contribution is -2.47. The van der Waals surface area contributed by atoms with Crippen LogP contribution in [0.25, 0.3) is 0 Å². The van der Waals surface area contributed by atoms with Gasteiger partial charge in [-0.3, -0.25) is 4.90 Å². The number of methoxy groups -OCH3 is 1. The molecule has 0 saturated carbocycles. The second kappa shape index (κ2) is 6.70. The van der Waals surface area contributed by atoms with E-state index < -0.39 is 5.97 Å². The number of benzene rings is 1. The molecule has 4 nitrogen and oxygen atoms in total. The van der Waals surface area contributed by atoms with Gasteiger partial charge in [0.05, 0.1) is 18.7 Å². The molecular weight excluding hydrogens is 347 g/mol. The molecule has 7 heteroatoms. The molecule has 1 N–H and O–H groups in total. The van der Waals surface area contributed by atoms with Crippen molar-refractivity contribution in [3.8, 4) is 0 Å². The van der Waals surface area contributed by atoms with Crippen molar-refractivity contribution in [3.05, 3.63) is 63.7 Å². The first-order valence-corrected chi connectivity index (χ1v) is 8.50. The quantitative estimate of drug-likeness (QED) is 0.665. The van der Waals surface area contributed by atoms with Gasteiger partial charge in [-0.2, -0.15) is 0 Å². The van der Waals surface area contributed by atoms with Gasteiger partial charge in [0.1, 0.15) is 5.82 Å². The molecule has 0 saturated heterocycles. The van der Waals surface area contributed by atoms with Crippen LogP contribution in [0.2, 0.25) is 0 Å². The fraction of sp³-hybridized carbons (Fsp3) is 0.176. The van der Waals surface area contributed by atoms with Crippen LogP contribution < -0.4 is 10.2 Å². The minimum Gasteiger partial charge on any atom is -0.466 e. The predicted molar refractivity (Wildman–Crippen MR) is 96.4 cm³/mol. The number of hydrogen-bond acceptors (Lipinski definition) is 4. The van der Waals surface area contributed by atoms with Gasteiger partial charge in [0.2, 0.25) is 0 Å². The van der Waals surface area contributed by atoms with E-state index in [0.717, 1.165) is 4.88 Å². The highest BCUT2D eigenvalue weighted by atomic mass is 32.1. The van der Waals surface area contributed by atoms with Crippen LogP contribution in [-0.2, 0) is 9.53 Å². The number of halogens is 1. The molecule has 0 unspecified atom stereocenters. The SMILES string of the molecule is COC(=O)C1=C(C)N(c2ccc(F)cc2)C(=S)N[C@H]1c1cccs1. The van der Waals surface area contributed by atoms with Crippen molar-refractivity contribution < 1.29 is 13.9 Å². The molecule has 1 atom stereocenters. The summed E-state index contributed by atoms with van der Waals surface area (Å²) < 4.78 is 18.2. The molecule has 0 spiro atoms. The fourth-order valence-electron chi connectivity index (χ4n) is 2.69. The summed E-state index contributed by atoms with van der Waals surface area (Å²) in [6.45, 7) is 1.81. The van der Waals surface area contributed by atoms with Gasteiger partial charge in [0.15, 0.2) is 5.11 Å². The Morgan fingerprint density at radius 2 is 2.04 bits per heavy atom. The zero-order valence-corrected chi connectivity index (χ0v) is 14.7. The number of carbonyl (C=O) groups excluding carboxylic acids is 1. The second-order valence-corrected chi connectivity index (χ2v) is 6.57. The minimum atomic E-state index is -0.423. The highest BCUT2D eigenvalue weighted by Crippen LogP contribution is 2.35. The number of carbonyl (C=O) groups is 1. The summed E-state index contributed by atoms with van der Waals surface area (Å²) in [4.78, 5) is 15.1. The summed E-state index contributed by atoms with van der Waals surface area (Å²) in [5.41, 5.74) is 1.82. The predicted octanol–water partition coefficient (Wildman–Crippen LogP) is 3.77. The van der Waals surface area contributed by atoms with Gasteiger partial charge in [0, 0.05) is 16.3 Å². The molecule has 2 aromatic rings. The Morgan fingerprint density at radius 1 is 1.33 bits per heavy atom. The average Bonchev–Trinajstić information content (AvgIpc) is 3.10. The van der Waals surface area contributed by atoms with Crippen LogP contribution in [-0.4, -0.2) is 18.2 Å². The second-order valence-electron chi connectivity index (χ2n) is 5.20. The molecule has 1 aromatic carbocycles. The number of anilines is 1. The number of esters is 1. The maximum absolute atomic E-state index is 13.2. The molecule has 2 heterocycles. The zero-order chi connectivity index (χ0) is 17.3. The Bertz CT molecular complexity index is 801. The molecule has 24 heavy (non-hydrogen) atoms. The van der Waals surface area contributed by atoms with Gasteiger partial charge in [-0.05, 0) is 54.9 Å². The molecular formula is C17H15FN2O2S2. The number of hydrogen-bond donors (Lipinski definition) is 1. The highest BCUT2D eigenvalue weighted by Gasteiger charge is 2.35. The first-order chi connectivity index (χ1) is 11.5. The van der Waals surface area contributed by atoms with Crippen molar-refractivity contribution in [1.82, 2.24) is 5.32 Å². The topological polar surface area (TPSA) is 41.6 Å². The number of ether oxygens (including phenoxy) is 1. The summed E-state index contributed by atoms with van der Waals surface area (Å²) in [7, 11) is 1.35. The summed E-state index contributed by atoms with van der Waals surface area (Å²) >= 11 is 7.02. The minimum absolute atomic E-state index is 0.332. The van der Waals surface area contributed by atoms with Crippen LogP contribution in [0.1, 0.15) is 17.8 Å². The number of thiocarbonyl (C=S) groups is 1. The molecule has 124 valence electrons. The van der Waals surface area contributed by atoms with E-state index in [9.17, 15) is 9.18 Å². The first-order valence-electron chi connectivity index (χ1n) is 7.21. The molecule has 3 rings (SSSR count). The summed E-state index contributed by atoms with van der Waals surface area (Å²) in [6.07, 6.45) is 0. The van der Waals surface area contributed by atoms with Gasteiger partial charge in [0.25, 0.3) is 0 Å². The fourth-order valence-corrected chi connectivity index (χ4v) is 3.83. The molecule has 0 bridgehead atoms. The van der Waals surface area contributed by atoms with Crippen molar-refractivity contribution >= 4 is 40.3 Å². The van der Waals surface area contributed by atoms with Crippen molar-refractivity contribution in [2.75, 3.05) is 12.0 Å². The highest BCUT2D eigenvalue weighted by molar-refractivity contribution is 7.80. The van der Waals surface area contributed by atoms with Crippen LogP contribution in [0, 0.1) is 5.82 Å². The molecule has 0 aliphatic carbocycles. The van der Waals surface area contributed by atoms with Gasteiger partial charge < -0.3 is 10.1 Å². The van der Waals surface area contributed by atoms with Gasteiger partial charge >= 0.3 is 5.97 Å². The zero-order valence-electron chi connectivity index (χ0n) is 13.1. The summed E-state index contributed by atoms with van der Waals surface area (Å²) in [5.74, 6) is -0.756. The number of nitrogens with one attached hydrogen (secondary N) is 1. The van der Waals surface area contributed by atoms with Crippen molar-refractivity contribution in [1.29, 1.82) is 0 Å². The van der Waals surface area contributed by atoms with Crippen LogP contribution in [0.15, 0.2) is 53.0 Å². The Hall–Kier alpha value is -2.25. The van der Waals surface area contributed by atoms with E-state index in [1.54, 1.807) is 17.0 Å². The molecule has 0 radical (unpaired) electrons. The van der Waals surface area contributed by atoms with Crippen LogP contribution in [0.3, 0.4) is 0 Å². The van der Waals surface area contributed by atoms with Crippen molar-refractivity contribution in [3.63, 3.8) is 0 Å². The Balaban J connectivity index is 2.12. The average molecular weight is 362 g/mol. The first kappa shape index (κ1) is 16.6. The summed E-state index contributed by atoms with van der Waals surface area (Å²) in [5, 5.41) is 5.58. The number of rotatable bonds is 3. The van der Waals surface area contributed by atoms with E-state index in [-0.39, 0.29) is 11.9 Å². The lowest BCUT2D eigenvalue weighted by atomic mass is 10.0. The standard InChI is InChI=1S/C17H15FN2O2S2/c1-10-14(16(21)22-2)15(13-4-3-9-24-13)19-17(23)20(10)12-7-5-11(18)6-8-12/h3-9,15H,1-2H3,(H,19,23)/t15-/m0/s1. The Morgan fingerprint density at radius 3 is 2.62 bits per heavy atom. The summed E-state index contributed by atoms with van der Waals surface area (Å²) in [6, 6.07) is 9.45. The normalized spacial score (nSPS) is 17.7. The van der Waals surface area contributed by atoms with E-state index in [2.05, 4.69) is 5.32 Å². The third-order valence-electron chi connectivity index (χ3n) is 3.80. The van der Waals surface area contributed by atoms with E-state index in [1.165, 1.54) is 30.6 Å². The van der Waals surface area contributed by atoms with Gasteiger partial charge in [-0.15, -0.1) is 11.3 Å². The van der Waals surface area contributed by atoms with Crippen LogP contribution in [0.4, 0.5) is 10.1 Å². The molecule has 1 aliphatic heterocycles. The maximum Gasteiger partial charge on any atom is 0.338 e. The van der Waals surface area contributed by atoms with Gasteiger partial charge in [-0.1, -0.05) is 6.07 Å². The van der Waals surface area contributed by atoms with Crippen LogP contribution in [0.5, 0.6) is 0 Å². The third-order valence-corrected chi connectivity index (χ3v) is 5.04. The Kier molecular flexibility index (Phi) is 4.64. The lowest BCUT2D eigenvalue weighted by molar-refractivity contribution is -0.136. The number of allylic oxidation sites excluding steroid dienone is 1. The smallest absolute Gasteiger partial charge is 0.338 e. The van der Waals surface area contributed by atoms with E-state index in [4.69, 9.17) is 17.0 Å². The Labute approximate surface area is 148 Å². The molecule has 0 fully saturated rings. The molecule has 1 aromatic heterocycles. The lowest BCUT2D eigenvalue weighted by Gasteiger charge is -2.36.